The third-order valence-corrected chi connectivity index (χ3v) is 8.98. The zero-order valence-electron chi connectivity index (χ0n) is 27.5. The molecule has 0 bridgehead atoms. The molecule has 250 valence electrons. The molecule has 5 aromatic rings. The van der Waals surface area contributed by atoms with Crippen molar-refractivity contribution in [3.8, 4) is 22.5 Å². The van der Waals surface area contributed by atoms with Crippen molar-refractivity contribution in [2.45, 2.75) is 96.8 Å². The predicted molar refractivity (Wildman–Crippen MR) is 182 cm³/mol. The summed E-state index contributed by atoms with van der Waals surface area (Å²) < 4.78 is 30.3. The fraction of sp³-hybridized carbons (Fsp3) is 0.457. The van der Waals surface area contributed by atoms with Crippen molar-refractivity contribution in [1.29, 1.82) is 0 Å². The first-order valence-electron chi connectivity index (χ1n) is 16.2. The number of rotatable bonds is 10. The molecule has 0 radical (unpaired) electrons. The van der Waals surface area contributed by atoms with Crippen LogP contribution in [0.15, 0.2) is 56.6 Å². The molecule has 0 amide bonds. The number of fused-ring (bicyclic) bond motifs is 1. The number of aromatic nitrogens is 6. The second-order valence-electron chi connectivity index (χ2n) is 13.5. The van der Waals surface area contributed by atoms with Gasteiger partial charge in [0, 0.05) is 23.6 Å². The summed E-state index contributed by atoms with van der Waals surface area (Å²) >= 11 is 0. The van der Waals surface area contributed by atoms with Gasteiger partial charge in [0.15, 0.2) is 5.82 Å². The topological polar surface area (TPSA) is 141 Å². The van der Waals surface area contributed by atoms with Crippen molar-refractivity contribution in [3.63, 3.8) is 0 Å². The Morgan fingerprint density at radius 3 is 2.48 bits per heavy atom. The Balaban J connectivity index is 0.00000451. The molecule has 3 heterocycles. The zero-order valence-corrected chi connectivity index (χ0v) is 27.5. The summed E-state index contributed by atoms with van der Waals surface area (Å²) in [6.45, 7) is 9.58. The Morgan fingerprint density at radius 1 is 1.15 bits per heavy atom. The Bertz CT molecular complexity index is 2030. The molecule has 2 aromatic carbocycles. The minimum absolute atomic E-state index is 0. The molecule has 0 aliphatic heterocycles. The summed E-state index contributed by atoms with van der Waals surface area (Å²) in [6, 6.07) is 12.0. The van der Waals surface area contributed by atoms with Crippen molar-refractivity contribution >= 4 is 57.2 Å². The number of H-pyrrole nitrogens is 1. The Hall–Kier alpha value is -2.78. The molecule has 48 heavy (non-hydrogen) atoms. The molecule has 0 atom stereocenters. The van der Waals surface area contributed by atoms with Crippen LogP contribution < -0.4 is 11.3 Å². The fourth-order valence-electron chi connectivity index (χ4n) is 6.53. The van der Waals surface area contributed by atoms with E-state index in [0.717, 1.165) is 12.1 Å². The van der Waals surface area contributed by atoms with Crippen LogP contribution in [0, 0.1) is 12.7 Å². The van der Waals surface area contributed by atoms with Gasteiger partial charge in [0.2, 0.25) is 5.78 Å². The standard InChI is InChI=1S/C35H41FN6O5.K.H/c1-6-9-29-27(18-23-13-12-22(19-28(23)36)25-10-7-8-11-26(25)30-38-33(44)47-40-30)31(43)41(32-37-21(2)39-42(29)32)24-14-16-35(5,17-15-24)46-20-34(3,4)45;;/h7-8,10-13,19,24,45H,6,9,14-18,20H2,1-5H3,(H,38,40,44);;. The maximum atomic E-state index is 16.0. The van der Waals surface area contributed by atoms with Gasteiger partial charge in [-0.25, -0.2) is 13.7 Å². The first-order valence-corrected chi connectivity index (χ1v) is 16.2. The number of nitrogens with zero attached hydrogens (tertiary/aromatic N) is 5. The summed E-state index contributed by atoms with van der Waals surface area (Å²) in [5.41, 5.74) is 1.98. The van der Waals surface area contributed by atoms with E-state index in [4.69, 9.17) is 9.84 Å². The van der Waals surface area contributed by atoms with Gasteiger partial charge in [0.25, 0.3) is 5.56 Å². The number of nitrogens with one attached hydrogen (secondary N) is 1. The third-order valence-electron chi connectivity index (χ3n) is 8.98. The second kappa shape index (κ2) is 14.6. The number of ether oxygens (including phenoxy) is 1. The number of aromatic amines is 1. The van der Waals surface area contributed by atoms with E-state index in [0.29, 0.717) is 71.5 Å². The molecule has 1 fully saturated rings. The van der Waals surface area contributed by atoms with E-state index in [1.807, 2.05) is 26.0 Å². The van der Waals surface area contributed by atoms with E-state index in [1.165, 1.54) is 6.07 Å². The van der Waals surface area contributed by atoms with Crippen LogP contribution in [-0.2, 0) is 17.6 Å². The molecule has 0 spiro atoms. The van der Waals surface area contributed by atoms with Crippen LogP contribution in [0.4, 0.5) is 4.39 Å². The number of benzene rings is 2. The summed E-state index contributed by atoms with van der Waals surface area (Å²) in [5, 5.41) is 18.7. The van der Waals surface area contributed by atoms with Crippen LogP contribution in [0.25, 0.3) is 28.3 Å². The summed E-state index contributed by atoms with van der Waals surface area (Å²) in [6.07, 6.45) is 4.25. The van der Waals surface area contributed by atoms with Gasteiger partial charge in [0.1, 0.15) is 11.6 Å². The average molecular weight is 685 g/mol. The Kier molecular flexibility index (Phi) is 11.1. The van der Waals surface area contributed by atoms with Crippen molar-refractivity contribution in [1.82, 2.24) is 29.3 Å². The van der Waals surface area contributed by atoms with Gasteiger partial charge in [-0.3, -0.25) is 18.9 Å². The quantitative estimate of drug-likeness (QED) is 0.198. The Morgan fingerprint density at radius 2 is 1.85 bits per heavy atom. The summed E-state index contributed by atoms with van der Waals surface area (Å²) in [5.74, 6) is 0.189. The molecular formula is C35H42FKN6O5. The van der Waals surface area contributed by atoms with E-state index in [9.17, 15) is 14.7 Å². The van der Waals surface area contributed by atoms with E-state index in [1.54, 1.807) is 47.2 Å². The molecule has 1 saturated carbocycles. The molecule has 6 rings (SSSR count). The molecule has 0 unspecified atom stereocenters. The van der Waals surface area contributed by atoms with E-state index in [2.05, 4.69) is 26.6 Å². The predicted octanol–water partition coefficient (Wildman–Crippen LogP) is 4.90. The molecular weight excluding hydrogens is 643 g/mol. The van der Waals surface area contributed by atoms with Crippen LogP contribution in [0.1, 0.15) is 88.5 Å². The number of aliphatic hydroxyl groups is 1. The summed E-state index contributed by atoms with van der Waals surface area (Å²) in [7, 11) is 0. The number of hydrogen-bond donors (Lipinski definition) is 2. The van der Waals surface area contributed by atoms with Gasteiger partial charge < -0.3 is 9.84 Å². The van der Waals surface area contributed by atoms with Crippen molar-refractivity contribution in [3.05, 3.63) is 91.8 Å². The molecule has 1 aliphatic rings. The van der Waals surface area contributed by atoms with E-state index < -0.39 is 22.8 Å². The monoisotopic (exact) mass is 684 g/mol. The van der Waals surface area contributed by atoms with E-state index in [-0.39, 0.29) is 81.8 Å². The molecule has 0 saturated heterocycles. The Labute approximate surface area is 320 Å². The molecule has 1 aliphatic carbocycles. The van der Waals surface area contributed by atoms with Gasteiger partial charge in [-0.2, -0.15) is 10.1 Å². The number of hydrogen-bond acceptors (Lipinski definition) is 8. The molecule has 2 N–H and O–H groups in total. The van der Waals surface area contributed by atoms with Crippen LogP contribution in [-0.4, -0.2) is 104 Å². The molecule has 3 aromatic heterocycles. The van der Waals surface area contributed by atoms with E-state index >= 15 is 4.39 Å². The van der Waals surface area contributed by atoms with Gasteiger partial charge >= 0.3 is 57.1 Å². The van der Waals surface area contributed by atoms with Crippen molar-refractivity contribution in [2.75, 3.05) is 6.61 Å². The van der Waals surface area contributed by atoms with Crippen LogP contribution in [0.3, 0.4) is 0 Å². The number of halogens is 1. The fourth-order valence-corrected chi connectivity index (χ4v) is 6.53. The van der Waals surface area contributed by atoms with Crippen LogP contribution >= 0.6 is 0 Å². The normalized spacial score (nSPS) is 18.3. The molecule has 11 nitrogen and oxygen atoms in total. The minimum atomic E-state index is -0.930. The van der Waals surface area contributed by atoms with Crippen LogP contribution in [0.5, 0.6) is 0 Å². The molecule has 13 heteroatoms. The summed E-state index contributed by atoms with van der Waals surface area (Å²) in [4.78, 5) is 33.3. The van der Waals surface area contributed by atoms with Crippen molar-refractivity contribution in [2.24, 2.45) is 0 Å². The second-order valence-corrected chi connectivity index (χ2v) is 13.5. The van der Waals surface area contributed by atoms with Crippen molar-refractivity contribution < 1.29 is 18.8 Å². The SMILES string of the molecule is CCCc1c(Cc2ccc(-c3ccccc3-c3noc(=O)[nH]3)cc2F)c(=O)n(C2CCC(C)(OCC(C)(C)O)CC2)c2nc(C)nn12.[KH]. The first kappa shape index (κ1) is 36.5. The van der Waals surface area contributed by atoms with Gasteiger partial charge in [0.05, 0.1) is 23.5 Å². The van der Waals surface area contributed by atoms with Gasteiger partial charge in [-0.05, 0) is 82.6 Å². The third kappa shape index (κ3) is 7.67. The average Bonchev–Trinajstić information content (AvgIpc) is 3.64. The maximum absolute atomic E-state index is 16.0. The van der Waals surface area contributed by atoms with Gasteiger partial charge in [-0.1, -0.05) is 54.9 Å². The zero-order chi connectivity index (χ0) is 33.5. The first-order chi connectivity index (χ1) is 22.4. The van der Waals surface area contributed by atoms with Gasteiger partial charge in [-0.15, -0.1) is 0 Å². The van der Waals surface area contributed by atoms with Crippen LogP contribution in [0.2, 0.25) is 0 Å². The number of aryl methyl sites for hydroxylation is 2.